The third-order valence-corrected chi connectivity index (χ3v) is 2.03. The van der Waals surface area contributed by atoms with Gasteiger partial charge in [-0.3, -0.25) is 0 Å². The van der Waals surface area contributed by atoms with Crippen molar-refractivity contribution in [3.63, 3.8) is 0 Å². The fourth-order valence-corrected chi connectivity index (χ4v) is 1.31. The van der Waals surface area contributed by atoms with Crippen molar-refractivity contribution >= 4 is 5.69 Å². The average molecular weight is 197 g/mol. The van der Waals surface area contributed by atoms with Crippen LogP contribution in [-0.2, 0) is 0 Å². The highest BCUT2D eigenvalue weighted by Crippen LogP contribution is 2.17. The number of hydrogen-bond acceptors (Lipinski definition) is 5. The number of allylic oxidation sites excluding steroid dienone is 1. The topological polar surface area (TPSA) is 75.7 Å². The van der Waals surface area contributed by atoms with Gasteiger partial charge in [0.05, 0.1) is 6.67 Å². The van der Waals surface area contributed by atoms with Crippen molar-refractivity contribution in [1.29, 1.82) is 10.5 Å². The van der Waals surface area contributed by atoms with Crippen LogP contribution in [0.15, 0.2) is 30.2 Å². The molecule has 0 atom stereocenters. The van der Waals surface area contributed by atoms with Gasteiger partial charge in [-0.05, 0) is 12.1 Å². The van der Waals surface area contributed by atoms with Crippen LogP contribution < -0.4 is 10.2 Å². The van der Waals surface area contributed by atoms with Crippen LogP contribution in [-0.4, -0.2) is 11.7 Å². The minimum atomic E-state index is 0.367. The summed E-state index contributed by atoms with van der Waals surface area (Å²) in [7, 11) is 0. The Morgan fingerprint density at radius 1 is 1.40 bits per heavy atom. The number of hydrogen-bond donors (Lipinski definition) is 1. The molecule has 5 heteroatoms. The highest BCUT2D eigenvalue weighted by atomic mass is 15.3. The maximum atomic E-state index is 8.69. The molecule has 1 aliphatic rings. The van der Waals surface area contributed by atoms with E-state index in [1.165, 1.54) is 0 Å². The van der Waals surface area contributed by atoms with Crippen LogP contribution in [0.4, 0.5) is 5.69 Å². The molecule has 0 fully saturated rings. The van der Waals surface area contributed by atoms with Crippen molar-refractivity contribution in [2.75, 3.05) is 11.6 Å². The smallest absolute Gasteiger partial charge is 0.142 e. The van der Waals surface area contributed by atoms with Gasteiger partial charge >= 0.3 is 0 Å². The maximum absolute atomic E-state index is 8.69. The molecule has 0 unspecified atom stereocenters. The lowest BCUT2D eigenvalue weighted by atomic mass is 10.3. The molecule has 5 nitrogen and oxygen atoms in total. The third-order valence-electron chi connectivity index (χ3n) is 2.03. The molecule has 1 N–H and O–H groups in total. The number of anilines is 1. The van der Waals surface area contributed by atoms with Gasteiger partial charge in [0.15, 0.2) is 0 Å². The third kappa shape index (κ3) is 1.72. The Balaban J connectivity index is 2.29. The zero-order valence-corrected chi connectivity index (χ0v) is 7.81. The van der Waals surface area contributed by atoms with Gasteiger partial charge in [-0.15, -0.1) is 0 Å². The van der Waals surface area contributed by atoms with Crippen molar-refractivity contribution in [3.05, 3.63) is 35.9 Å². The van der Waals surface area contributed by atoms with E-state index in [9.17, 15) is 0 Å². The summed E-state index contributed by atoms with van der Waals surface area (Å²) in [4.78, 5) is 5.72. The Bertz CT molecular complexity index is 491. The van der Waals surface area contributed by atoms with Crippen LogP contribution in [0.3, 0.4) is 0 Å². The Morgan fingerprint density at radius 3 is 2.93 bits per heavy atom. The number of nitrogens with zero attached hydrogens (tertiary/aromatic N) is 4. The van der Waals surface area contributed by atoms with E-state index in [1.807, 2.05) is 17.0 Å². The molecule has 2 heterocycles. The van der Waals surface area contributed by atoms with E-state index in [2.05, 4.69) is 10.3 Å². The minimum absolute atomic E-state index is 0.367. The van der Waals surface area contributed by atoms with Gasteiger partial charge in [-0.25, -0.2) is 4.98 Å². The first kappa shape index (κ1) is 9.04. The van der Waals surface area contributed by atoms with Crippen LogP contribution >= 0.6 is 0 Å². The largest absolute Gasteiger partial charge is 0.358 e. The van der Waals surface area contributed by atoms with E-state index in [-0.39, 0.29) is 0 Å². The van der Waals surface area contributed by atoms with Gasteiger partial charge in [-0.2, -0.15) is 10.5 Å². The summed E-state index contributed by atoms with van der Waals surface area (Å²) >= 11 is 0. The Labute approximate surface area is 86.9 Å². The Hall–Kier alpha value is -2.53. The van der Waals surface area contributed by atoms with Gasteiger partial charge < -0.3 is 10.2 Å². The number of nitrogens with one attached hydrogen (secondary N) is 1. The van der Waals surface area contributed by atoms with E-state index in [4.69, 9.17) is 10.5 Å². The van der Waals surface area contributed by atoms with Crippen LogP contribution in [0.1, 0.15) is 5.69 Å². The molecule has 0 bridgehead atoms. The van der Waals surface area contributed by atoms with Gasteiger partial charge in [-0.1, -0.05) is 0 Å². The second-order valence-corrected chi connectivity index (χ2v) is 2.97. The summed E-state index contributed by atoms with van der Waals surface area (Å²) in [5, 5.41) is 20.3. The first-order chi connectivity index (χ1) is 7.33. The summed E-state index contributed by atoms with van der Waals surface area (Å²) in [6, 6.07) is 7.46. The normalized spacial score (nSPS) is 13.7. The van der Waals surface area contributed by atoms with E-state index >= 15 is 0 Å². The first-order valence-corrected chi connectivity index (χ1v) is 4.32. The SMILES string of the molecule is N#CC1=CN(c2ccnc(C#N)c2)CN1. The Morgan fingerprint density at radius 2 is 2.27 bits per heavy atom. The predicted octanol–water partition coefficient (Wildman–Crippen LogP) is 0.685. The fourth-order valence-electron chi connectivity index (χ4n) is 1.31. The van der Waals surface area contributed by atoms with Crippen molar-refractivity contribution in [3.8, 4) is 12.1 Å². The molecule has 0 aromatic carbocycles. The van der Waals surface area contributed by atoms with E-state index in [0.29, 0.717) is 18.1 Å². The highest BCUT2D eigenvalue weighted by molar-refractivity contribution is 5.54. The van der Waals surface area contributed by atoms with E-state index in [0.717, 1.165) is 5.69 Å². The van der Waals surface area contributed by atoms with Crippen molar-refractivity contribution in [1.82, 2.24) is 10.3 Å². The van der Waals surface area contributed by atoms with Crippen molar-refractivity contribution in [2.24, 2.45) is 0 Å². The lowest BCUT2D eigenvalue weighted by Gasteiger charge is -2.13. The molecular weight excluding hydrogens is 190 g/mol. The number of aromatic nitrogens is 1. The standard InChI is InChI=1S/C10H7N5/c11-4-8-3-10(1-2-13-8)15-6-9(5-12)14-7-15/h1-3,6,14H,7H2. The van der Waals surface area contributed by atoms with Crippen LogP contribution in [0.25, 0.3) is 0 Å². The fraction of sp³-hybridized carbons (Fsp3) is 0.100. The van der Waals surface area contributed by atoms with E-state index in [1.54, 1.807) is 24.5 Å². The minimum Gasteiger partial charge on any atom is -0.358 e. The van der Waals surface area contributed by atoms with Crippen LogP contribution in [0.5, 0.6) is 0 Å². The number of pyridine rings is 1. The van der Waals surface area contributed by atoms with Gasteiger partial charge in [0.2, 0.25) is 0 Å². The number of nitriles is 2. The predicted molar refractivity (Wildman–Crippen MR) is 53.1 cm³/mol. The number of rotatable bonds is 1. The zero-order chi connectivity index (χ0) is 10.7. The quantitative estimate of drug-likeness (QED) is 0.716. The summed E-state index contributed by atoms with van der Waals surface area (Å²) in [6.45, 7) is 0.539. The molecule has 0 spiro atoms. The monoisotopic (exact) mass is 197 g/mol. The zero-order valence-electron chi connectivity index (χ0n) is 7.81. The second-order valence-electron chi connectivity index (χ2n) is 2.97. The van der Waals surface area contributed by atoms with E-state index < -0.39 is 0 Å². The molecule has 0 saturated heterocycles. The van der Waals surface area contributed by atoms with Crippen LogP contribution in [0.2, 0.25) is 0 Å². The van der Waals surface area contributed by atoms with Crippen LogP contribution in [0, 0.1) is 22.7 Å². The lowest BCUT2D eigenvalue weighted by molar-refractivity contribution is 0.880. The van der Waals surface area contributed by atoms with Crippen molar-refractivity contribution in [2.45, 2.75) is 0 Å². The molecule has 15 heavy (non-hydrogen) atoms. The molecule has 72 valence electrons. The maximum Gasteiger partial charge on any atom is 0.142 e. The first-order valence-electron chi connectivity index (χ1n) is 4.32. The second kappa shape index (κ2) is 3.69. The molecule has 1 aromatic heterocycles. The molecule has 1 aromatic rings. The Kier molecular flexibility index (Phi) is 2.22. The van der Waals surface area contributed by atoms with Crippen molar-refractivity contribution < 1.29 is 0 Å². The summed E-state index contributed by atoms with van der Waals surface area (Å²) in [5.74, 6) is 0. The molecule has 0 radical (unpaired) electrons. The van der Waals surface area contributed by atoms with Gasteiger partial charge in [0.1, 0.15) is 23.5 Å². The lowest BCUT2D eigenvalue weighted by Crippen LogP contribution is -2.20. The summed E-state index contributed by atoms with van der Waals surface area (Å²) in [6.07, 6.45) is 3.28. The molecule has 0 saturated carbocycles. The average Bonchev–Trinajstić information content (AvgIpc) is 2.78. The molecule has 0 aliphatic carbocycles. The molecular formula is C10H7N5. The molecule has 0 amide bonds. The summed E-state index contributed by atoms with van der Waals surface area (Å²) < 4.78 is 0. The van der Waals surface area contributed by atoms with Gasteiger partial charge in [0, 0.05) is 18.1 Å². The highest BCUT2D eigenvalue weighted by Gasteiger charge is 2.12. The van der Waals surface area contributed by atoms with Gasteiger partial charge in [0.25, 0.3) is 0 Å². The molecule has 1 aliphatic heterocycles. The molecule has 2 rings (SSSR count). The summed E-state index contributed by atoms with van der Waals surface area (Å²) in [5.41, 5.74) is 1.73.